The van der Waals surface area contributed by atoms with Gasteiger partial charge in [0, 0.05) is 10.9 Å². The van der Waals surface area contributed by atoms with Gasteiger partial charge in [-0.3, -0.25) is 0 Å². The number of carbonyl (C=O) groups excluding carboxylic acids is 1. The van der Waals surface area contributed by atoms with Crippen LogP contribution in [0.25, 0.3) is 10.9 Å². The summed E-state index contributed by atoms with van der Waals surface area (Å²) in [6.07, 6.45) is 0. The second kappa shape index (κ2) is 3.96. The highest BCUT2D eigenvalue weighted by Crippen LogP contribution is 2.31. The van der Waals surface area contributed by atoms with E-state index < -0.39 is 0 Å². The first-order valence-corrected chi connectivity index (χ1v) is 5.57. The fourth-order valence-electron chi connectivity index (χ4n) is 2.22. The molecule has 5 nitrogen and oxygen atoms in total. The van der Waals surface area contributed by atoms with E-state index >= 15 is 0 Å². The van der Waals surface area contributed by atoms with Crippen LogP contribution in [0.5, 0.6) is 0 Å². The largest absolute Gasteiger partial charge is 0.465 e. The van der Waals surface area contributed by atoms with E-state index in [0.29, 0.717) is 24.6 Å². The Balaban J connectivity index is 2.27. The van der Waals surface area contributed by atoms with E-state index in [2.05, 4.69) is 4.98 Å². The van der Waals surface area contributed by atoms with E-state index in [4.69, 9.17) is 15.2 Å². The Morgan fingerprint density at radius 1 is 1.39 bits per heavy atom. The van der Waals surface area contributed by atoms with Gasteiger partial charge in [0.15, 0.2) is 0 Å². The average Bonchev–Trinajstić information content (AvgIpc) is 2.88. The van der Waals surface area contributed by atoms with Crippen molar-refractivity contribution in [3.63, 3.8) is 0 Å². The molecule has 0 spiro atoms. The van der Waals surface area contributed by atoms with Gasteiger partial charge in [0.05, 0.1) is 31.4 Å². The third-order valence-corrected chi connectivity index (χ3v) is 3.15. The summed E-state index contributed by atoms with van der Waals surface area (Å²) in [6, 6.07) is 5.24. The van der Waals surface area contributed by atoms with Crippen molar-refractivity contribution in [3.8, 4) is 0 Å². The van der Waals surface area contributed by atoms with Crippen molar-refractivity contribution >= 4 is 22.7 Å². The van der Waals surface area contributed by atoms with Crippen molar-refractivity contribution in [3.05, 3.63) is 34.9 Å². The molecule has 0 atom stereocenters. The van der Waals surface area contributed by atoms with Gasteiger partial charge >= 0.3 is 5.97 Å². The fraction of sp³-hybridized carbons (Fsp3) is 0.231. The minimum Gasteiger partial charge on any atom is -0.465 e. The molecule has 18 heavy (non-hydrogen) atoms. The Morgan fingerprint density at radius 2 is 2.17 bits per heavy atom. The molecule has 2 heterocycles. The summed E-state index contributed by atoms with van der Waals surface area (Å²) in [5.41, 5.74) is 9.09. The molecule has 0 radical (unpaired) electrons. The van der Waals surface area contributed by atoms with Crippen LogP contribution in [0.15, 0.2) is 18.2 Å². The van der Waals surface area contributed by atoms with Crippen molar-refractivity contribution in [1.29, 1.82) is 0 Å². The van der Waals surface area contributed by atoms with Gasteiger partial charge in [0.1, 0.15) is 5.82 Å². The lowest BCUT2D eigenvalue weighted by molar-refractivity contribution is 0.0601. The average molecular weight is 244 g/mol. The van der Waals surface area contributed by atoms with Crippen LogP contribution in [0.1, 0.15) is 21.5 Å². The van der Waals surface area contributed by atoms with E-state index in [9.17, 15) is 4.79 Å². The molecule has 1 aliphatic rings. The summed E-state index contributed by atoms with van der Waals surface area (Å²) >= 11 is 0. The number of hydrogen-bond acceptors (Lipinski definition) is 5. The topological polar surface area (TPSA) is 74.4 Å². The molecule has 1 aromatic heterocycles. The molecule has 0 fully saturated rings. The third-order valence-electron chi connectivity index (χ3n) is 3.15. The van der Waals surface area contributed by atoms with Gasteiger partial charge in [-0.25, -0.2) is 9.78 Å². The van der Waals surface area contributed by atoms with Gasteiger partial charge < -0.3 is 15.2 Å². The first-order chi connectivity index (χ1) is 8.70. The Labute approximate surface area is 104 Å². The van der Waals surface area contributed by atoms with Crippen LogP contribution in [-0.4, -0.2) is 18.1 Å². The van der Waals surface area contributed by atoms with Crippen molar-refractivity contribution in [2.45, 2.75) is 13.2 Å². The molecule has 2 N–H and O–H groups in total. The smallest absolute Gasteiger partial charge is 0.337 e. The van der Waals surface area contributed by atoms with Crippen LogP contribution >= 0.6 is 0 Å². The van der Waals surface area contributed by atoms with Gasteiger partial charge in [-0.1, -0.05) is 0 Å². The van der Waals surface area contributed by atoms with Gasteiger partial charge in [-0.2, -0.15) is 0 Å². The lowest BCUT2D eigenvalue weighted by Crippen LogP contribution is -2.03. The summed E-state index contributed by atoms with van der Waals surface area (Å²) in [5.74, 6) is 0.141. The summed E-state index contributed by atoms with van der Waals surface area (Å²) in [4.78, 5) is 15.8. The zero-order chi connectivity index (χ0) is 12.7. The quantitative estimate of drug-likeness (QED) is 0.772. The molecule has 0 saturated heterocycles. The fourth-order valence-corrected chi connectivity index (χ4v) is 2.22. The van der Waals surface area contributed by atoms with E-state index in [0.717, 1.165) is 22.0 Å². The predicted molar refractivity (Wildman–Crippen MR) is 66.0 cm³/mol. The number of hydrogen-bond donors (Lipinski definition) is 1. The highest BCUT2D eigenvalue weighted by Gasteiger charge is 2.20. The second-order valence-corrected chi connectivity index (χ2v) is 4.17. The Hall–Kier alpha value is -2.14. The minimum atomic E-state index is -0.360. The van der Waals surface area contributed by atoms with Crippen molar-refractivity contribution in [2.24, 2.45) is 0 Å². The standard InChI is InChI=1S/C13H12N2O3/c1-17-13(16)7-2-3-11-8(4-7)9-5-18-6-10(9)12(14)15-11/h2-4H,5-6H2,1H3,(H2,14,15). The SMILES string of the molecule is COC(=O)c1ccc2nc(N)c3c(c2c1)COC3. The number of fused-ring (bicyclic) bond motifs is 3. The number of anilines is 1. The van der Waals surface area contributed by atoms with Crippen LogP contribution in [0.2, 0.25) is 0 Å². The number of nitrogens with zero attached hydrogens (tertiary/aromatic N) is 1. The number of methoxy groups -OCH3 is 1. The molecule has 0 saturated carbocycles. The lowest BCUT2D eigenvalue weighted by atomic mass is 10.0. The maximum Gasteiger partial charge on any atom is 0.337 e. The molecule has 0 amide bonds. The van der Waals surface area contributed by atoms with Crippen molar-refractivity contribution in [2.75, 3.05) is 12.8 Å². The maximum atomic E-state index is 11.5. The Morgan fingerprint density at radius 3 is 2.94 bits per heavy atom. The van der Waals surface area contributed by atoms with Gasteiger partial charge in [-0.15, -0.1) is 0 Å². The van der Waals surface area contributed by atoms with Gasteiger partial charge in [0.2, 0.25) is 0 Å². The van der Waals surface area contributed by atoms with Crippen LogP contribution in [0, 0.1) is 0 Å². The number of carbonyl (C=O) groups is 1. The highest BCUT2D eigenvalue weighted by atomic mass is 16.5. The normalized spacial score (nSPS) is 13.6. The molecular formula is C13H12N2O3. The number of nitrogens with two attached hydrogens (primary N) is 1. The number of benzene rings is 1. The minimum absolute atomic E-state index is 0.360. The monoisotopic (exact) mass is 244 g/mol. The predicted octanol–water partition coefficient (Wildman–Crippen LogP) is 1.63. The van der Waals surface area contributed by atoms with Crippen LogP contribution in [0.3, 0.4) is 0 Å². The van der Waals surface area contributed by atoms with Crippen molar-refractivity contribution < 1.29 is 14.3 Å². The molecule has 0 unspecified atom stereocenters. The van der Waals surface area contributed by atoms with Crippen LogP contribution < -0.4 is 5.73 Å². The number of aromatic nitrogens is 1. The number of rotatable bonds is 1. The summed E-state index contributed by atoms with van der Waals surface area (Å²) in [5, 5.41) is 0.902. The zero-order valence-corrected chi connectivity index (χ0v) is 9.90. The number of pyridine rings is 1. The molecule has 1 aliphatic heterocycles. The molecule has 3 rings (SSSR count). The molecule has 0 bridgehead atoms. The Bertz CT molecular complexity index is 652. The lowest BCUT2D eigenvalue weighted by Gasteiger charge is -2.07. The third kappa shape index (κ3) is 1.52. The summed E-state index contributed by atoms with van der Waals surface area (Å²) in [7, 11) is 1.36. The van der Waals surface area contributed by atoms with Gasteiger partial charge in [-0.05, 0) is 23.8 Å². The molecule has 1 aromatic carbocycles. The summed E-state index contributed by atoms with van der Waals surface area (Å²) < 4.78 is 10.1. The first kappa shape index (κ1) is 11.0. The van der Waals surface area contributed by atoms with E-state index in [1.54, 1.807) is 18.2 Å². The number of esters is 1. The van der Waals surface area contributed by atoms with Gasteiger partial charge in [0.25, 0.3) is 0 Å². The molecular weight excluding hydrogens is 232 g/mol. The maximum absolute atomic E-state index is 11.5. The Kier molecular flexibility index (Phi) is 2.41. The van der Waals surface area contributed by atoms with E-state index in [1.165, 1.54) is 7.11 Å². The highest BCUT2D eigenvalue weighted by molar-refractivity contribution is 5.96. The van der Waals surface area contributed by atoms with Crippen LogP contribution in [-0.2, 0) is 22.7 Å². The molecule has 0 aliphatic carbocycles. The van der Waals surface area contributed by atoms with Crippen LogP contribution in [0.4, 0.5) is 5.82 Å². The van der Waals surface area contributed by atoms with E-state index in [-0.39, 0.29) is 5.97 Å². The van der Waals surface area contributed by atoms with Crippen molar-refractivity contribution in [1.82, 2.24) is 4.98 Å². The number of nitrogen functional groups attached to an aromatic ring is 1. The van der Waals surface area contributed by atoms with E-state index in [1.807, 2.05) is 0 Å². The molecule has 92 valence electrons. The first-order valence-electron chi connectivity index (χ1n) is 5.57. The molecule has 5 heteroatoms. The number of ether oxygens (including phenoxy) is 2. The zero-order valence-electron chi connectivity index (χ0n) is 9.90. The second-order valence-electron chi connectivity index (χ2n) is 4.17. The molecule has 2 aromatic rings. The summed E-state index contributed by atoms with van der Waals surface area (Å²) in [6.45, 7) is 0.982.